The molecule has 2 aliphatic rings. The van der Waals surface area contributed by atoms with Crippen LogP contribution in [0.1, 0.15) is 31.4 Å². The number of amides is 2. The molecule has 214 valence electrons. The molecule has 0 aliphatic carbocycles. The maximum absolute atomic E-state index is 13.9. The van der Waals surface area contributed by atoms with Crippen molar-refractivity contribution in [3.8, 4) is 40.3 Å². The van der Waals surface area contributed by atoms with Crippen LogP contribution < -0.4 is 14.2 Å². The molecule has 0 unspecified atom stereocenters. The molecule has 0 N–H and O–H groups in total. The Morgan fingerprint density at radius 2 is 1.81 bits per heavy atom. The van der Waals surface area contributed by atoms with Crippen molar-refractivity contribution < 1.29 is 23.8 Å². The lowest BCUT2D eigenvalue weighted by Gasteiger charge is -2.27. The van der Waals surface area contributed by atoms with Crippen LogP contribution in [0.2, 0.25) is 0 Å². The molecule has 9 nitrogen and oxygen atoms in total. The molecule has 3 heterocycles. The number of ether oxygens (including phenoxy) is 3. The Bertz CT molecular complexity index is 1830. The van der Waals surface area contributed by atoms with Gasteiger partial charge >= 0.3 is 0 Å². The highest BCUT2D eigenvalue weighted by molar-refractivity contribution is 6.19. The average Bonchev–Trinajstić information content (AvgIpc) is 3.68. The molecule has 0 atom stereocenters. The van der Waals surface area contributed by atoms with Gasteiger partial charge in [-0.3, -0.25) is 14.5 Å². The van der Waals surface area contributed by atoms with E-state index in [1.807, 2.05) is 73.8 Å². The van der Waals surface area contributed by atoms with Crippen molar-refractivity contribution in [2.24, 2.45) is 0 Å². The Hall–Kier alpha value is -5.62. The van der Waals surface area contributed by atoms with E-state index in [2.05, 4.69) is 0 Å². The number of fused-ring (bicyclic) bond motifs is 1. The van der Waals surface area contributed by atoms with Crippen LogP contribution in [0.15, 0.2) is 95.7 Å². The minimum Gasteiger partial charge on any atom is -0.494 e. The van der Waals surface area contributed by atoms with Crippen molar-refractivity contribution >= 4 is 17.9 Å². The Morgan fingerprint density at radius 3 is 2.60 bits per heavy atom. The summed E-state index contributed by atoms with van der Waals surface area (Å²) < 4.78 is 18.5. The number of carbonyl (C=O) groups is 2. The molecular formula is C34H28N4O5. The number of nitrogens with zero attached hydrogens (tertiary/aromatic N) is 4. The van der Waals surface area contributed by atoms with Gasteiger partial charge in [-0.2, -0.15) is 10.4 Å². The van der Waals surface area contributed by atoms with Crippen molar-refractivity contribution in [3.05, 3.63) is 107 Å². The maximum Gasteiger partial charge on any atom is 0.271 e. The molecule has 4 aromatic rings. The van der Waals surface area contributed by atoms with E-state index in [1.165, 1.54) is 0 Å². The fourth-order valence-electron chi connectivity index (χ4n) is 5.03. The first kappa shape index (κ1) is 27.5. The second-order valence-electron chi connectivity index (χ2n) is 10.1. The van der Waals surface area contributed by atoms with Gasteiger partial charge in [-0.15, -0.1) is 0 Å². The van der Waals surface area contributed by atoms with Gasteiger partial charge in [0.05, 0.1) is 18.8 Å². The van der Waals surface area contributed by atoms with Gasteiger partial charge in [0.1, 0.15) is 23.1 Å². The molecule has 1 aromatic heterocycles. The molecule has 0 bridgehead atoms. The normalized spacial score (nSPS) is 15.3. The van der Waals surface area contributed by atoms with Crippen molar-refractivity contribution in [1.82, 2.24) is 14.7 Å². The Morgan fingerprint density at radius 1 is 1.00 bits per heavy atom. The zero-order valence-electron chi connectivity index (χ0n) is 23.7. The number of benzene rings is 3. The molecule has 0 radical (unpaired) electrons. The van der Waals surface area contributed by atoms with E-state index in [4.69, 9.17) is 19.3 Å². The second kappa shape index (κ2) is 11.7. The highest BCUT2D eigenvalue weighted by Gasteiger charge is 2.36. The number of hydrogen-bond donors (Lipinski definition) is 0. The van der Waals surface area contributed by atoms with Crippen LogP contribution in [-0.4, -0.2) is 39.9 Å². The topological polar surface area (TPSA) is 107 Å². The lowest BCUT2D eigenvalue weighted by molar-refractivity contribution is -0.141. The van der Waals surface area contributed by atoms with Crippen LogP contribution in [-0.2, 0) is 16.1 Å². The summed E-state index contributed by atoms with van der Waals surface area (Å²) in [5.41, 5.74) is 4.05. The summed E-state index contributed by atoms with van der Waals surface area (Å²) in [6, 6.07) is 24.5. The maximum atomic E-state index is 13.9. The summed E-state index contributed by atoms with van der Waals surface area (Å²) >= 11 is 0. The first-order valence-corrected chi connectivity index (χ1v) is 13.9. The van der Waals surface area contributed by atoms with Gasteiger partial charge in [0.25, 0.3) is 11.8 Å². The van der Waals surface area contributed by atoms with Crippen LogP contribution in [0.3, 0.4) is 0 Å². The standard InChI is InChI=1S/C34H28N4O5/c1-3-14-41-27-11-7-8-24(16-27)32-25(20-38(36-32)26-9-5-4-6-10-26)17-28-22(2)29(18-35)34(40)37(33(28)39)19-23-12-13-30-31(15-23)43-21-42-30/h4-13,15-17,20H,3,14,19,21H2,1-2H3/b28-17+. The number of rotatable bonds is 8. The molecule has 9 heteroatoms. The molecule has 0 fully saturated rings. The second-order valence-corrected chi connectivity index (χ2v) is 10.1. The number of hydrogen-bond acceptors (Lipinski definition) is 7. The molecule has 0 saturated carbocycles. The van der Waals surface area contributed by atoms with E-state index in [0.717, 1.165) is 22.6 Å². The fraction of sp³-hybridized carbons (Fsp3) is 0.176. The number of carbonyl (C=O) groups excluding carboxylic acids is 2. The summed E-state index contributed by atoms with van der Waals surface area (Å²) in [7, 11) is 0. The Labute approximate surface area is 248 Å². The summed E-state index contributed by atoms with van der Waals surface area (Å²) in [6.45, 7) is 4.33. The predicted octanol–water partition coefficient (Wildman–Crippen LogP) is 5.85. The Kier molecular flexibility index (Phi) is 7.50. The van der Waals surface area contributed by atoms with Crippen molar-refractivity contribution in [3.63, 3.8) is 0 Å². The van der Waals surface area contributed by atoms with Crippen molar-refractivity contribution in [2.45, 2.75) is 26.8 Å². The van der Waals surface area contributed by atoms with Crippen LogP contribution in [0, 0.1) is 11.3 Å². The van der Waals surface area contributed by atoms with Gasteiger partial charge in [0.15, 0.2) is 11.5 Å². The van der Waals surface area contributed by atoms with Crippen LogP contribution in [0.4, 0.5) is 0 Å². The quantitative estimate of drug-likeness (QED) is 0.193. The van der Waals surface area contributed by atoms with E-state index >= 15 is 0 Å². The molecule has 0 saturated heterocycles. The third-order valence-electron chi connectivity index (χ3n) is 7.25. The number of aromatic nitrogens is 2. The first-order valence-electron chi connectivity index (χ1n) is 13.9. The summed E-state index contributed by atoms with van der Waals surface area (Å²) in [5.74, 6) is 0.712. The average molecular weight is 573 g/mol. The summed E-state index contributed by atoms with van der Waals surface area (Å²) in [5, 5.41) is 14.8. The minimum absolute atomic E-state index is 0.0307. The van der Waals surface area contributed by atoms with Gasteiger partial charge in [0.2, 0.25) is 6.79 Å². The fourth-order valence-corrected chi connectivity index (χ4v) is 5.03. The highest BCUT2D eigenvalue weighted by atomic mass is 16.7. The lowest BCUT2D eigenvalue weighted by Crippen LogP contribution is -2.42. The molecular weight excluding hydrogens is 544 g/mol. The van der Waals surface area contributed by atoms with Gasteiger partial charge in [-0.1, -0.05) is 43.3 Å². The monoisotopic (exact) mass is 572 g/mol. The largest absolute Gasteiger partial charge is 0.494 e. The zero-order chi connectivity index (χ0) is 29.9. The van der Waals surface area contributed by atoms with Gasteiger partial charge in [-0.25, -0.2) is 4.68 Å². The van der Waals surface area contributed by atoms with Crippen molar-refractivity contribution in [1.29, 1.82) is 5.26 Å². The Balaban J connectivity index is 1.44. The summed E-state index contributed by atoms with van der Waals surface area (Å²) in [6.07, 6.45) is 4.42. The molecule has 3 aromatic carbocycles. The molecule has 0 spiro atoms. The minimum atomic E-state index is -0.638. The number of nitriles is 1. The van der Waals surface area contributed by atoms with E-state index in [9.17, 15) is 14.9 Å². The van der Waals surface area contributed by atoms with Gasteiger partial charge in [-0.05, 0) is 67.0 Å². The van der Waals surface area contributed by atoms with Crippen LogP contribution in [0.5, 0.6) is 17.2 Å². The smallest absolute Gasteiger partial charge is 0.271 e. The summed E-state index contributed by atoms with van der Waals surface area (Å²) in [4.78, 5) is 28.4. The third kappa shape index (κ3) is 5.38. The third-order valence-corrected chi connectivity index (χ3v) is 7.25. The van der Waals surface area contributed by atoms with Gasteiger partial charge in [0, 0.05) is 22.9 Å². The molecule has 2 amide bonds. The van der Waals surface area contributed by atoms with Crippen LogP contribution >= 0.6 is 0 Å². The number of para-hydroxylation sites is 1. The predicted molar refractivity (Wildman–Crippen MR) is 159 cm³/mol. The zero-order valence-corrected chi connectivity index (χ0v) is 23.7. The van der Waals surface area contributed by atoms with Gasteiger partial charge < -0.3 is 14.2 Å². The number of imide groups is 1. The molecule has 43 heavy (non-hydrogen) atoms. The van der Waals surface area contributed by atoms with E-state index < -0.39 is 11.8 Å². The lowest BCUT2D eigenvalue weighted by atomic mass is 9.93. The first-order chi connectivity index (χ1) is 21.0. The van der Waals surface area contributed by atoms with E-state index in [1.54, 1.807) is 35.9 Å². The van der Waals surface area contributed by atoms with Crippen LogP contribution in [0.25, 0.3) is 23.0 Å². The molecule has 2 aliphatic heterocycles. The molecule has 6 rings (SSSR count). The van der Waals surface area contributed by atoms with Crippen molar-refractivity contribution in [2.75, 3.05) is 13.4 Å². The SMILES string of the molecule is CCCOc1cccc(-c2nn(-c3ccccc3)cc2/C=C2/C(=O)N(Cc3ccc4c(c3)OCO4)C(=O)C(C#N)=C2C)c1. The van der Waals surface area contributed by atoms with E-state index in [0.29, 0.717) is 46.2 Å². The van der Waals surface area contributed by atoms with E-state index in [-0.39, 0.29) is 24.5 Å². The highest BCUT2D eigenvalue weighted by Crippen LogP contribution is 2.35.